The van der Waals surface area contributed by atoms with Gasteiger partial charge in [0.25, 0.3) is 5.91 Å². The lowest BCUT2D eigenvalue weighted by molar-refractivity contribution is -0.141. The number of benzene rings is 1. The van der Waals surface area contributed by atoms with Crippen molar-refractivity contribution in [3.8, 4) is 5.75 Å². The Morgan fingerprint density at radius 1 is 1.29 bits per heavy atom. The van der Waals surface area contributed by atoms with E-state index in [9.17, 15) is 14.7 Å². The number of aliphatic carboxylic acids is 1. The van der Waals surface area contributed by atoms with Crippen molar-refractivity contribution in [2.45, 2.75) is 50.8 Å². The molecule has 1 aliphatic carbocycles. The molecule has 6 nitrogen and oxygen atoms in total. The van der Waals surface area contributed by atoms with Crippen molar-refractivity contribution >= 4 is 11.9 Å². The van der Waals surface area contributed by atoms with Crippen molar-refractivity contribution in [2.75, 3.05) is 13.2 Å². The number of hydrogen-bond donors (Lipinski definition) is 1. The lowest BCUT2D eigenvalue weighted by atomic mass is 10.1. The molecule has 130 valence electrons. The number of carboxylic acid groups (broad SMARTS) is 1. The lowest BCUT2D eigenvalue weighted by Crippen LogP contribution is -2.44. The molecule has 0 spiro atoms. The molecule has 2 atom stereocenters. The summed E-state index contributed by atoms with van der Waals surface area (Å²) in [6.45, 7) is 2.86. The summed E-state index contributed by atoms with van der Waals surface area (Å²) in [6, 6.07) is 6.10. The highest BCUT2D eigenvalue weighted by molar-refractivity contribution is 5.97. The van der Waals surface area contributed by atoms with Crippen molar-refractivity contribution in [3.05, 3.63) is 29.8 Å². The van der Waals surface area contributed by atoms with Gasteiger partial charge in [0.15, 0.2) is 0 Å². The van der Waals surface area contributed by atoms with Crippen LogP contribution in [0.5, 0.6) is 5.75 Å². The van der Waals surface area contributed by atoms with Crippen LogP contribution in [0.15, 0.2) is 24.3 Å². The van der Waals surface area contributed by atoms with E-state index in [0.717, 1.165) is 32.3 Å². The van der Waals surface area contributed by atoms with Crippen molar-refractivity contribution in [2.24, 2.45) is 0 Å². The van der Waals surface area contributed by atoms with Crippen molar-refractivity contribution in [3.63, 3.8) is 0 Å². The quantitative estimate of drug-likeness (QED) is 0.829. The predicted octanol–water partition coefficient (Wildman–Crippen LogP) is 2.32. The molecule has 0 aromatic heterocycles. The van der Waals surface area contributed by atoms with Crippen LogP contribution in [-0.4, -0.2) is 53.3 Å². The van der Waals surface area contributed by atoms with Gasteiger partial charge in [0.2, 0.25) is 0 Å². The Labute approximate surface area is 141 Å². The molecule has 1 aromatic carbocycles. The van der Waals surface area contributed by atoms with Gasteiger partial charge >= 0.3 is 5.97 Å². The maximum atomic E-state index is 12.7. The summed E-state index contributed by atoms with van der Waals surface area (Å²) in [4.78, 5) is 25.4. The van der Waals surface area contributed by atoms with Gasteiger partial charge in [-0.25, -0.2) is 4.79 Å². The van der Waals surface area contributed by atoms with Crippen LogP contribution < -0.4 is 4.74 Å². The molecule has 0 bridgehead atoms. The fraction of sp³-hybridized carbons (Fsp3) is 0.556. The van der Waals surface area contributed by atoms with E-state index in [0.29, 0.717) is 17.9 Å². The van der Waals surface area contributed by atoms with Gasteiger partial charge in [-0.15, -0.1) is 0 Å². The zero-order valence-electron chi connectivity index (χ0n) is 13.8. The summed E-state index contributed by atoms with van der Waals surface area (Å²) in [5, 5.41) is 9.22. The van der Waals surface area contributed by atoms with E-state index in [4.69, 9.17) is 9.47 Å². The first-order valence-corrected chi connectivity index (χ1v) is 8.46. The Balaban J connectivity index is 1.62. The average molecular weight is 333 g/mol. The number of amides is 1. The van der Waals surface area contributed by atoms with E-state index < -0.39 is 12.0 Å². The fourth-order valence-electron chi connectivity index (χ4n) is 2.94. The zero-order chi connectivity index (χ0) is 17.1. The maximum Gasteiger partial charge on any atom is 0.326 e. The van der Waals surface area contributed by atoms with Crippen LogP contribution in [0.2, 0.25) is 0 Å². The Morgan fingerprint density at radius 3 is 2.54 bits per heavy atom. The minimum absolute atomic E-state index is 0.0408. The molecule has 1 saturated carbocycles. The molecule has 1 aromatic rings. The molecule has 6 heteroatoms. The normalized spacial score (nSPS) is 21.3. The fourth-order valence-corrected chi connectivity index (χ4v) is 2.94. The molecule has 1 N–H and O–H groups in total. The van der Waals surface area contributed by atoms with Crippen molar-refractivity contribution in [1.29, 1.82) is 0 Å². The molecular weight excluding hydrogens is 310 g/mol. The number of nitrogens with zero attached hydrogens (tertiary/aromatic N) is 1. The van der Waals surface area contributed by atoms with Crippen LogP contribution in [0.3, 0.4) is 0 Å². The molecule has 3 rings (SSSR count). The first-order chi connectivity index (χ1) is 11.6. The second-order valence-corrected chi connectivity index (χ2v) is 6.43. The van der Waals surface area contributed by atoms with Gasteiger partial charge in [0, 0.05) is 18.2 Å². The molecule has 0 radical (unpaired) electrons. The number of carbonyl (C=O) groups excluding carboxylic acids is 1. The summed E-state index contributed by atoms with van der Waals surface area (Å²) in [5.41, 5.74) is 0.486. The first-order valence-electron chi connectivity index (χ1n) is 8.46. The standard InChI is InChI=1S/C18H23NO5/c1-12(18(21)22)19(14-6-7-14)17(20)13-4-8-15(9-5-13)24-11-16-3-2-10-23-16/h4-5,8-9,12,14,16H,2-3,6-7,10-11H2,1H3,(H,21,22). The SMILES string of the molecule is CC(C(=O)O)N(C(=O)c1ccc(OCC2CCCO2)cc1)C1CC1. The predicted molar refractivity (Wildman–Crippen MR) is 87.2 cm³/mol. The van der Waals surface area contributed by atoms with E-state index in [1.54, 1.807) is 31.2 Å². The topological polar surface area (TPSA) is 76.1 Å². The molecular formula is C18H23NO5. The van der Waals surface area contributed by atoms with Crippen LogP contribution in [-0.2, 0) is 9.53 Å². The number of ether oxygens (including phenoxy) is 2. The van der Waals surface area contributed by atoms with Gasteiger partial charge in [-0.05, 0) is 56.9 Å². The Morgan fingerprint density at radius 2 is 2.00 bits per heavy atom. The van der Waals surface area contributed by atoms with E-state index in [1.807, 2.05) is 0 Å². The molecule has 2 aliphatic rings. The molecule has 1 aliphatic heterocycles. The summed E-state index contributed by atoms with van der Waals surface area (Å²) in [5.74, 6) is -0.531. The summed E-state index contributed by atoms with van der Waals surface area (Å²) in [7, 11) is 0. The summed E-state index contributed by atoms with van der Waals surface area (Å²) in [6.07, 6.45) is 3.96. The van der Waals surface area contributed by atoms with Crippen LogP contribution in [0, 0.1) is 0 Å². The second-order valence-electron chi connectivity index (χ2n) is 6.43. The van der Waals surface area contributed by atoms with Crippen molar-refractivity contribution in [1.82, 2.24) is 4.90 Å². The van der Waals surface area contributed by atoms with Crippen molar-refractivity contribution < 1.29 is 24.2 Å². The van der Waals surface area contributed by atoms with Crippen LogP contribution in [0.1, 0.15) is 43.0 Å². The second kappa shape index (κ2) is 7.21. The van der Waals surface area contributed by atoms with Gasteiger partial charge in [-0.1, -0.05) is 0 Å². The van der Waals surface area contributed by atoms with E-state index in [-0.39, 0.29) is 18.1 Å². The molecule has 1 amide bonds. The highest BCUT2D eigenvalue weighted by Crippen LogP contribution is 2.30. The highest BCUT2D eigenvalue weighted by atomic mass is 16.5. The smallest absolute Gasteiger partial charge is 0.326 e. The van der Waals surface area contributed by atoms with Crippen LogP contribution >= 0.6 is 0 Å². The third-order valence-electron chi connectivity index (χ3n) is 4.51. The Bertz CT molecular complexity index is 590. The number of rotatable bonds is 7. The Kier molecular flexibility index (Phi) is 5.04. The van der Waals surface area contributed by atoms with Gasteiger partial charge in [0.05, 0.1) is 6.10 Å². The summed E-state index contributed by atoms with van der Waals surface area (Å²) < 4.78 is 11.2. The third-order valence-corrected chi connectivity index (χ3v) is 4.51. The van der Waals surface area contributed by atoms with Crippen LogP contribution in [0.25, 0.3) is 0 Å². The van der Waals surface area contributed by atoms with E-state index in [2.05, 4.69) is 0 Å². The maximum absolute atomic E-state index is 12.7. The van der Waals surface area contributed by atoms with Gasteiger partial charge in [-0.2, -0.15) is 0 Å². The lowest BCUT2D eigenvalue weighted by Gasteiger charge is -2.26. The minimum Gasteiger partial charge on any atom is -0.491 e. The molecule has 1 heterocycles. The molecule has 2 fully saturated rings. The monoisotopic (exact) mass is 333 g/mol. The zero-order valence-corrected chi connectivity index (χ0v) is 13.8. The minimum atomic E-state index is -0.980. The van der Waals surface area contributed by atoms with Gasteiger partial charge in [-0.3, -0.25) is 4.79 Å². The van der Waals surface area contributed by atoms with Crippen LogP contribution in [0.4, 0.5) is 0 Å². The number of carbonyl (C=O) groups is 2. The largest absolute Gasteiger partial charge is 0.491 e. The van der Waals surface area contributed by atoms with E-state index >= 15 is 0 Å². The first kappa shape index (κ1) is 16.8. The Hall–Kier alpha value is -2.08. The van der Waals surface area contributed by atoms with Gasteiger partial charge < -0.3 is 19.5 Å². The number of hydrogen-bond acceptors (Lipinski definition) is 4. The van der Waals surface area contributed by atoms with E-state index in [1.165, 1.54) is 4.90 Å². The van der Waals surface area contributed by atoms with Gasteiger partial charge in [0.1, 0.15) is 18.4 Å². The third kappa shape index (κ3) is 3.87. The molecule has 1 saturated heterocycles. The number of carboxylic acids is 1. The summed E-state index contributed by atoms with van der Waals surface area (Å²) >= 11 is 0. The average Bonchev–Trinajstić information content (AvgIpc) is 3.27. The molecule has 2 unspecified atom stereocenters. The molecule has 24 heavy (non-hydrogen) atoms. The highest BCUT2D eigenvalue weighted by Gasteiger charge is 2.38.